The number of piperidine rings is 1. The maximum Gasteiger partial charge on any atom is 0.109 e. The maximum atomic E-state index is 10.8. The van der Waals surface area contributed by atoms with Gasteiger partial charge in [-0.25, -0.2) is 0 Å². The second-order valence-electron chi connectivity index (χ2n) is 7.40. The highest BCUT2D eigenvalue weighted by atomic mass is 16.3. The quantitative estimate of drug-likeness (QED) is 0.901. The first-order chi connectivity index (χ1) is 9.22. The highest BCUT2D eigenvalue weighted by Crippen LogP contribution is 2.36. The van der Waals surface area contributed by atoms with Crippen LogP contribution in [0.4, 0.5) is 0 Å². The van der Waals surface area contributed by atoms with Crippen molar-refractivity contribution in [2.45, 2.75) is 52.1 Å². The minimum absolute atomic E-state index is 0.230. The van der Waals surface area contributed by atoms with E-state index in [0.29, 0.717) is 5.92 Å². The Bertz CT molecular complexity index is 439. The zero-order chi connectivity index (χ0) is 15.0. The highest BCUT2D eigenvalue weighted by molar-refractivity contribution is 5.23. The molecule has 2 rings (SSSR count). The van der Waals surface area contributed by atoms with Crippen LogP contribution in [-0.4, -0.2) is 35.1 Å². The van der Waals surface area contributed by atoms with Crippen molar-refractivity contribution < 1.29 is 5.11 Å². The van der Waals surface area contributed by atoms with Crippen molar-refractivity contribution in [1.82, 2.24) is 9.88 Å². The molecule has 1 aliphatic rings. The third kappa shape index (κ3) is 3.21. The van der Waals surface area contributed by atoms with Crippen molar-refractivity contribution in [2.24, 2.45) is 5.41 Å². The molecule has 1 fully saturated rings. The fourth-order valence-electron chi connectivity index (χ4n) is 2.68. The predicted octanol–water partition coefficient (Wildman–Crippen LogP) is 3.14. The molecule has 20 heavy (non-hydrogen) atoms. The molecule has 1 atom stereocenters. The van der Waals surface area contributed by atoms with Gasteiger partial charge >= 0.3 is 0 Å². The SMILES string of the molecule is CC(c1ccc(C2(O)CCN(C)CC2)nc1)C(C)(C)C. The Balaban J connectivity index is 2.16. The zero-order valence-electron chi connectivity index (χ0n) is 13.5. The second kappa shape index (κ2) is 5.45. The van der Waals surface area contributed by atoms with E-state index in [0.717, 1.165) is 31.6 Å². The molecule has 0 saturated carbocycles. The summed E-state index contributed by atoms with van der Waals surface area (Å²) >= 11 is 0. The molecule has 1 N–H and O–H groups in total. The Morgan fingerprint density at radius 1 is 1.25 bits per heavy atom. The molecule has 0 aliphatic carbocycles. The van der Waals surface area contributed by atoms with E-state index in [4.69, 9.17) is 0 Å². The van der Waals surface area contributed by atoms with Gasteiger partial charge in [0.1, 0.15) is 5.60 Å². The van der Waals surface area contributed by atoms with Gasteiger partial charge in [-0.3, -0.25) is 4.98 Å². The standard InChI is InChI=1S/C17H28N2O/c1-13(16(2,3)4)14-6-7-15(18-12-14)17(20)8-10-19(5)11-9-17/h6-7,12-13,20H,8-11H2,1-5H3. The number of nitrogens with zero attached hydrogens (tertiary/aromatic N) is 2. The average molecular weight is 276 g/mol. The molecule has 1 aliphatic heterocycles. The van der Waals surface area contributed by atoms with E-state index < -0.39 is 5.60 Å². The summed E-state index contributed by atoms with van der Waals surface area (Å²) in [5.74, 6) is 0.455. The molecule has 1 unspecified atom stereocenters. The number of hydrogen-bond donors (Lipinski definition) is 1. The van der Waals surface area contributed by atoms with E-state index in [1.165, 1.54) is 5.56 Å². The van der Waals surface area contributed by atoms with Gasteiger partial charge < -0.3 is 10.0 Å². The van der Waals surface area contributed by atoms with Gasteiger partial charge in [0.25, 0.3) is 0 Å². The van der Waals surface area contributed by atoms with Gasteiger partial charge in [-0.2, -0.15) is 0 Å². The normalized spacial score (nSPS) is 21.7. The lowest BCUT2D eigenvalue weighted by Crippen LogP contribution is -2.41. The van der Waals surface area contributed by atoms with Gasteiger partial charge in [0, 0.05) is 19.3 Å². The fraction of sp³-hybridized carbons (Fsp3) is 0.706. The number of likely N-dealkylation sites (tertiary alicyclic amines) is 1. The fourth-order valence-corrected chi connectivity index (χ4v) is 2.68. The first kappa shape index (κ1) is 15.5. The van der Waals surface area contributed by atoms with E-state index in [-0.39, 0.29) is 5.41 Å². The van der Waals surface area contributed by atoms with E-state index in [9.17, 15) is 5.11 Å². The Kier molecular flexibility index (Phi) is 4.22. The van der Waals surface area contributed by atoms with E-state index in [1.54, 1.807) is 0 Å². The lowest BCUT2D eigenvalue weighted by molar-refractivity contribution is -0.0238. The molecule has 1 aromatic heterocycles. The molecule has 3 nitrogen and oxygen atoms in total. The topological polar surface area (TPSA) is 36.4 Å². The Morgan fingerprint density at radius 2 is 1.85 bits per heavy atom. The summed E-state index contributed by atoms with van der Waals surface area (Å²) in [6, 6.07) is 4.15. The number of aliphatic hydroxyl groups is 1. The predicted molar refractivity (Wildman–Crippen MR) is 82.7 cm³/mol. The van der Waals surface area contributed by atoms with Gasteiger partial charge in [-0.1, -0.05) is 33.8 Å². The van der Waals surface area contributed by atoms with Crippen molar-refractivity contribution in [3.63, 3.8) is 0 Å². The van der Waals surface area contributed by atoms with Crippen LogP contribution in [0.1, 0.15) is 57.7 Å². The molecular weight excluding hydrogens is 248 g/mol. The van der Waals surface area contributed by atoms with Crippen molar-refractivity contribution in [2.75, 3.05) is 20.1 Å². The van der Waals surface area contributed by atoms with Gasteiger partial charge in [0.2, 0.25) is 0 Å². The van der Waals surface area contributed by atoms with Crippen LogP contribution in [0, 0.1) is 5.41 Å². The molecule has 0 aromatic carbocycles. The summed E-state index contributed by atoms with van der Waals surface area (Å²) < 4.78 is 0. The molecule has 0 spiro atoms. The van der Waals surface area contributed by atoms with Crippen LogP contribution in [0.25, 0.3) is 0 Å². The Morgan fingerprint density at radius 3 is 2.30 bits per heavy atom. The highest BCUT2D eigenvalue weighted by Gasteiger charge is 2.34. The van der Waals surface area contributed by atoms with Gasteiger partial charge in [0.15, 0.2) is 0 Å². The monoisotopic (exact) mass is 276 g/mol. The lowest BCUT2D eigenvalue weighted by Gasteiger charge is -2.36. The first-order valence-electron chi connectivity index (χ1n) is 7.60. The minimum atomic E-state index is -0.740. The molecule has 0 amide bonds. The van der Waals surface area contributed by atoms with Gasteiger partial charge in [-0.15, -0.1) is 0 Å². The number of aromatic nitrogens is 1. The minimum Gasteiger partial charge on any atom is -0.383 e. The maximum absolute atomic E-state index is 10.8. The Labute approximate surface area is 123 Å². The van der Waals surface area contributed by atoms with Crippen LogP contribution in [0.15, 0.2) is 18.3 Å². The van der Waals surface area contributed by atoms with Crippen molar-refractivity contribution in [3.05, 3.63) is 29.6 Å². The van der Waals surface area contributed by atoms with Crippen LogP contribution in [-0.2, 0) is 5.60 Å². The van der Waals surface area contributed by atoms with Crippen LogP contribution in [0.2, 0.25) is 0 Å². The van der Waals surface area contributed by atoms with Crippen LogP contribution < -0.4 is 0 Å². The molecule has 3 heteroatoms. The summed E-state index contributed by atoms with van der Waals surface area (Å²) in [5, 5.41) is 10.8. The summed E-state index contributed by atoms with van der Waals surface area (Å²) in [4.78, 5) is 6.82. The molecule has 112 valence electrons. The molecule has 2 heterocycles. The van der Waals surface area contributed by atoms with Crippen LogP contribution in [0.5, 0.6) is 0 Å². The summed E-state index contributed by atoms with van der Waals surface area (Å²) in [6.45, 7) is 10.8. The second-order valence-corrected chi connectivity index (χ2v) is 7.40. The van der Waals surface area contributed by atoms with Gasteiger partial charge in [-0.05, 0) is 42.9 Å². The largest absolute Gasteiger partial charge is 0.383 e. The van der Waals surface area contributed by atoms with E-state index in [2.05, 4.69) is 50.7 Å². The van der Waals surface area contributed by atoms with Crippen LogP contribution in [0.3, 0.4) is 0 Å². The summed E-state index contributed by atoms with van der Waals surface area (Å²) in [5.41, 5.74) is 1.57. The molecular formula is C17H28N2O. The molecule has 1 aromatic rings. The van der Waals surface area contributed by atoms with Crippen molar-refractivity contribution >= 4 is 0 Å². The lowest BCUT2D eigenvalue weighted by atomic mass is 9.78. The van der Waals surface area contributed by atoms with Crippen molar-refractivity contribution in [3.8, 4) is 0 Å². The molecule has 0 radical (unpaired) electrons. The number of rotatable bonds is 2. The molecule has 1 saturated heterocycles. The summed E-state index contributed by atoms with van der Waals surface area (Å²) in [6.07, 6.45) is 3.48. The van der Waals surface area contributed by atoms with Crippen molar-refractivity contribution in [1.29, 1.82) is 0 Å². The smallest absolute Gasteiger partial charge is 0.109 e. The summed E-state index contributed by atoms with van der Waals surface area (Å²) in [7, 11) is 2.10. The zero-order valence-corrected chi connectivity index (χ0v) is 13.5. The van der Waals surface area contributed by atoms with E-state index >= 15 is 0 Å². The number of pyridine rings is 1. The molecule has 0 bridgehead atoms. The Hall–Kier alpha value is -0.930. The first-order valence-corrected chi connectivity index (χ1v) is 7.60. The van der Waals surface area contributed by atoms with Gasteiger partial charge in [0.05, 0.1) is 5.69 Å². The average Bonchev–Trinajstić information content (AvgIpc) is 2.41. The van der Waals surface area contributed by atoms with E-state index in [1.807, 2.05) is 12.3 Å². The van der Waals surface area contributed by atoms with Crippen LogP contribution >= 0.6 is 0 Å². The third-order valence-electron chi connectivity index (χ3n) is 4.88. The number of hydrogen-bond acceptors (Lipinski definition) is 3. The third-order valence-corrected chi connectivity index (χ3v) is 4.88.